The molecule has 9 rings (SSSR count). The fraction of sp³-hybridized carbons (Fsp3) is 0.392. The van der Waals surface area contributed by atoms with Crippen LogP contribution in [0.25, 0.3) is 11.0 Å². The van der Waals surface area contributed by atoms with Gasteiger partial charge in [0.05, 0.1) is 38.7 Å². The maximum atomic E-state index is 12.6. The molecule has 76 heavy (non-hydrogen) atoms. The van der Waals surface area contributed by atoms with E-state index in [0.717, 1.165) is 16.7 Å². The summed E-state index contributed by atoms with van der Waals surface area (Å²) >= 11 is 0. The van der Waals surface area contributed by atoms with Gasteiger partial charge >= 0.3 is 7.56 Å². The highest BCUT2D eigenvalue weighted by molar-refractivity contribution is 6.25. The number of hydrogen-bond acceptors (Lipinski definition) is 19. The van der Waals surface area contributed by atoms with Crippen LogP contribution in [0.15, 0.2) is 115 Å². The molecule has 0 amide bonds. The van der Waals surface area contributed by atoms with Crippen LogP contribution in [0.1, 0.15) is 63.2 Å². The van der Waals surface area contributed by atoms with Gasteiger partial charge in [-0.05, 0) is 68.0 Å². The topological polar surface area (TPSA) is 336 Å². The van der Waals surface area contributed by atoms with Crippen LogP contribution in [-0.4, -0.2) is 118 Å². The molecule has 13 N–H and O–H groups in total. The molecule has 7 aromatic rings. The monoisotopic (exact) mass is 1060 g/mol. The first-order chi connectivity index (χ1) is 36.0. The number of ether oxygens (including phenoxy) is 5. The molecule has 0 aliphatic carbocycles. The van der Waals surface area contributed by atoms with E-state index in [1.165, 1.54) is 22.0 Å². The average molecular weight is 1060 g/mol. The molecule has 2 fully saturated rings. The Labute approximate surface area is 438 Å². The Bertz CT molecular complexity index is 2910. The number of benzene rings is 3. The van der Waals surface area contributed by atoms with Crippen LogP contribution in [0, 0.1) is 11.3 Å². The second kappa shape index (κ2) is 27.7. The molecule has 0 bridgehead atoms. The Kier molecular flexibility index (Phi) is 22.5. The Hall–Kier alpha value is -6.96. The number of aromatic nitrogens is 6. The number of nitrogens with zero attached hydrogens (tertiary/aromatic N) is 7. The average Bonchev–Trinajstić information content (AvgIpc) is 4.15. The van der Waals surface area contributed by atoms with Crippen molar-refractivity contribution in [2.45, 2.75) is 108 Å². The number of nitrogens with two attached hydrogens (primary N) is 4. The minimum absolute atomic E-state index is 0. The first kappa shape index (κ1) is 61.6. The van der Waals surface area contributed by atoms with Crippen LogP contribution < -0.4 is 22.9 Å². The van der Waals surface area contributed by atoms with Crippen molar-refractivity contribution in [3.05, 3.63) is 143 Å². The van der Waals surface area contributed by atoms with Gasteiger partial charge in [0.25, 0.3) is 0 Å². The summed E-state index contributed by atoms with van der Waals surface area (Å²) in [6.07, 6.45) is -3.57. The molecule has 8 atom stereocenters. The van der Waals surface area contributed by atoms with Gasteiger partial charge in [-0.2, -0.15) is 15.2 Å². The van der Waals surface area contributed by atoms with Gasteiger partial charge < -0.3 is 76.5 Å². The molecule has 2 aliphatic rings. The summed E-state index contributed by atoms with van der Waals surface area (Å²) in [6.45, 7) is 7.10. The summed E-state index contributed by atoms with van der Waals surface area (Å²) < 4.78 is 60.7. The third kappa shape index (κ3) is 13.0. The molecule has 25 heteroatoms. The van der Waals surface area contributed by atoms with Crippen molar-refractivity contribution in [2.24, 2.45) is 0 Å². The van der Waals surface area contributed by atoms with Gasteiger partial charge in [0.15, 0.2) is 17.2 Å². The van der Waals surface area contributed by atoms with E-state index in [1.807, 2.05) is 97.1 Å². The fourth-order valence-electron chi connectivity index (χ4n) is 8.49. The minimum atomic E-state index is -2.05. The summed E-state index contributed by atoms with van der Waals surface area (Å²) in [5, 5.41) is 68.5. The van der Waals surface area contributed by atoms with Gasteiger partial charge in [-0.1, -0.05) is 105 Å². The molecule has 2 saturated heterocycles. The molecule has 3 aromatic carbocycles. The lowest BCUT2D eigenvalue weighted by Crippen LogP contribution is -2.55. The third-order valence-electron chi connectivity index (χ3n) is 12.2. The lowest BCUT2D eigenvalue weighted by molar-refractivity contribution is -0.294. The fourth-order valence-corrected chi connectivity index (χ4v) is 8.49. The zero-order chi connectivity index (χ0) is 55.0. The number of halogens is 3. The SMILES string of the molecule is C.CCO.CC[B]F.C[C@@]1(O)[C@H](O)[C@@H](CO)O[C@@]1(C#N)c1ccc2c(N)nc(N)nn12.C[C@@]1(OCc2ccccc2)[C@H](OCc2ccccc2)[C@@H](COCc2ccccc2)O[C@@]1(O)c1ccc2c(N)nc(N)nn12.FF. The Morgan fingerprint density at radius 2 is 1.16 bits per heavy atom. The van der Waals surface area contributed by atoms with Gasteiger partial charge in [0.1, 0.15) is 52.8 Å². The lowest BCUT2D eigenvalue weighted by atomic mass is 9.80. The predicted molar refractivity (Wildman–Crippen MR) is 278 cm³/mol. The van der Waals surface area contributed by atoms with Crippen molar-refractivity contribution in [3.63, 3.8) is 0 Å². The number of nitrogen functional groups attached to an aromatic ring is 4. The van der Waals surface area contributed by atoms with Crippen molar-refractivity contribution in [1.29, 1.82) is 5.26 Å². The molecule has 0 saturated carbocycles. The number of anilines is 4. The molecule has 1 radical (unpaired) electrons. The molecule has 0 spiro atoms. The van der Waals surface area contributed by atoms with Crippen LogP contribution >= 0.6 is 0 Å². The van der Waals surface area contributed by atoms with E-state index in [9.17, 15) is 30.0 Å². The first-order valence-corrected chi connectivity index (χ1v) is 23.4. The molecule has 6 heterocycles. The standard InChI is InChI=1S/C33H35N5O5.C13H16N6O4.C2H5BF.C2H6O.CH4.F2/c1-32(42-21-25-15-9-4-10-16-25)29(41-20-24-13-7-3-8-14-24)27(22-40-19-23-11-5-2-6-12-23)43-33(32,39)28-18-17-26-30(34)36-31(35)37-38(26)28;1-12(22)9(21)7(4-20)23-13(12,5-14)8-3-2-6-10(15)17-11(16)18-19(6)8;1-2-3-4;1-2-3;;1-2/h2-18,27,29,39H,19-22H2,1H3,(H4,34,35,36,37);2-3,7,9,20-22H,4H2,1H3,(H4,15,16,17,18);2H2,1H3;3H,2H2,1H3;1H4;/t27-,29-,32-,33+;7-,9-,12-,13+;;;;/m11..../s1. The zero-order valence-electron chi connectivity index (χ0n) is 41.7. The van der Waals surface area contributed by atoms with E-state index in [2.05, 4.69) is 20.2 Å². The zero-order valence-corrected chi connectivity index (χ0v) is 41.7. The second-order valence-corrected chi connectivity index (χ2v) is 17.2. The summed E-state index contributed by atoms with van der Waals surface area (Å²) in [5.41, 5.74) is 22.2. The van der Waals surface area contributed by atoms with Crippen LogP contribution in [0.3, 0.4) is 0 Å². The van der Waals surface area contributed by atoms with Crippen molar-refractivity contribution >= 4 is 42.1 Å². The number of fused-ring (bicyclic) bond motifs is 2. The van der Waals surface area contributed by atoms with E-state index >= 15 is 0 Å². The second-order valence-electron chi connectivity index (χ2n) is 17.2. The van der Waals surface area contributed by atoms with Crippen LogP contribution in [0.4, 0.5) is 37.0 Å². The van der Waals surface area contributed by atoms with Crippen molar-refractivity contribution in [3.8, 4) is 6.07 Å². The van der Waals surface area contributed by atoms with Crippen molar-refractivity contribution in [1.82, 2.24) is 29.2 Å². The van der Waals surface area contributed by atoms with E-state index in [4.69, 9.17) is 60.9 Å². The van der Waals surface area contributed by atoms with E-state index in [-0.39, 0.29) is 68.8 Å². The largest absolute Gasteiger partial charge is 0.397 e. The van der Waals surface area contributed by atoms with E-state index in [1.54, 1.807) is 39.0 Å². The van der Waals surface area contributed by atoms with Crippen molar-refractivity contribution < 1.29 is 62.7 Å². The maximum Gasteiger partial charge on any atom is 0.354 e. The lowest BCUT2D eigenvalue weighted by Gasteiger charge is -2.40. The molecule has 4 aromatic heterocycles. The van der Waals surface area contributed by atoms with E-state index < -0.39 is 53.6 Å². The number of nitriles is 1. The van der Waals surface area contributed by atoms with Gasteiger partial charge in [0.2, 0.25) is 23.3 Å². The smallest absolute Gasteiger partial charge is 0.354 e. The van der Waals surface area contributed by atoms with E-state index in [0.29, 0.717) is 31.5 Å². The Balaban J connectivity index is 0.000000317. The third-order valence-corrected chi connectivity index (χ3v) is 12.2. The van der Waals surface area contributed by atoms with Gasteiger partial charge in [0, 0.05) is 15.8 Å². The Morgan fingerprint density at radius 1 is 0.711 bits per heavy atom. The molecule has 0 unspecified atom stereocenters. The maximum absolute atomic E-state index is 12.6. The molecule has 409 valence electrons. The summed E-state index contributed by atoms with van der Waals surface area (Å²) in [4.78, 5) is 7.88. The number of aliphatic hydroxyl groups excluding tert-OH is 3. The summed E-state index contributed by atoms with van der Waals surface area (Å²) in [7, 11) is 0.625. The number of rotatable bonds is 14. The van der Waals surface area contributed by atoms with Crippen LogP contribution in [0.5, 0.6) is 0 Å². The number of aliphatic hydroxyl groups is 5. The highest BCUT2D eigenvalue weighted by Gasteiger charge is 2.67. The highest BCUT2D eigenvalue weighted by Crippen LogP contribution is 2.50. The number of hydrogen-bond donors (Lipinski definition) is 9. The van der Waals surface area contributed by atoms with Crippen LogP contribution in [0.2, 0.25) is 6.32 Å². The summed E-state index contributed by atoms with van der Waals surface area (Å²) in [6, 6.07) is 37.7. The molecular weight excluding hydrogens is 994 g/mol. The Morgan fingerprint density at radius 3 is 1.61 bits per heavy atom. The highest BCUT2D eigenvalue weighted by atomic mass is 20.0. The normalized spacial score (nSPS) is 24.2. The van der Waals surface area contributed by atoms with Gasteiger partial charge in [-0.3, -0.25) is 0 Å². The predicted octanol–water partition coefficient (Wildman–Crippen LogP) is 4.82. The van der Waals surface area contributed by atoms with Gasteiger partial charge in [-0.15, -0.1) is 10.2 Å². The quantitative estimate of drug-likeness (QED) is 0.0659. The molecule has 2 aliphatic heterocycles. The van der Waals surface area contributed by atoms with Gasteiger partial charge in [-0.25, -0.2) is 9.03 Å². The van der Waals surface area contributed by atoms with Crippen LogP contribution in [-0.2, 0) is 54.9 Å². The van der Waals surface area contributed by atoms with Crippen molar-refractivity contribution in [2.75, 3.05) is 42.8 Å². The minimum Gasteiger partial charge on any atom is -0.397 e. The molecular formula is C51H66BF3N11O10. The summed E-state index contributed by atoms with van der Waals surface area (Å²) in [5.74, 6) is -1.96. The first-order valence-electron chi connectivity index (χ1n) is 23.4. The molecule has 21 nitrogen and oxygen atoms in total.